The number of rotatable bonds is 5. The summed E-state index contributed by atoms with van der Waals surface area (Å²) in [7, 11) is 1.72. The third kappa shape index (κ3) is 3.31. The van der Waals surface area contributed by atoms with Crippen LogP contribution in [-0.4, -0.2) is 18.7 Å². The number of pyridine rings is 1. The maximum absolute atomic E-state index is 5.13. The highest BCUT2D eigenvalue weighted by Gasteiger charge is 2.04. The maximum atomic E-state index is 5.13. The molecule has 0 saturated heterocycles. The fraction of sp³-hybridized carbons (Fsp3) is 0.214. The number of para-hydroxylation sites is 1. The first kappa shape index (κ1) is 13.1. The Hall–Kier alpha value is -1.39. The van der Waals surface area contributed by atoms with Crippen LogP contribution in [0.25, 0.3) is 0 Å². The second-order valence-corrected chi connectivity index (χ2v) is 4.73. The van der Waals surface area contributed by atoms with Gasteiger partial charge in [0.15, 0.2) is 0 Å². The van der Waals surface area contributed by atoms with Crippen LogP contribution in [0.1, 0.15) is 5.56 Å². The summed E-state index contributed by atoms with van der Waals surface area (Å²) >= 11 is 3.48. The van der Waals surface area contributed by atoms with Crippen molar-refractivity contribution in [2.75, 3.05) is 19.0 Å². The van der Waals surface area contributed by atoms with Crippen molar-refractivity contribution < 1.29 is 4.74 Å². The molecule has 1 aromatic carbocycles. The van der Waals surface area contributed by atoms with Crippen molar-refractivity contribution in [3.05, 3.63) is 52.8 Å². The van der Waals surface area contributed by atoms with E-state index in [-0.39, 0.29) is 0 Å². The highest BCUT2D eigenvalue weighted by molar-refractivity contribution is 9.10. The van der Waals surface area contributed by atoms with E-state index >= 15 is 0 Å². The first-order valence-corrected chi connectivity index (χ1v) is 6.54. The molecule has 18 heavy (non-hydrogen) atoms. The van der Waals surface area contributed by atoms with E-state index in [1.54, 1.807) is 19.5 Å². The molecule has 0 aliphatic rings. The number of hydrogen-bond acceptors (Lipinski definition) is 3. The minimum atomic E-state index is 0.718. The first-order chi connectivity index (χ1) is 8.81. The molecule has 0 amide bonds. The molecule has 0 bridgehead atoms. The van der Waals surface area contributed by atoms with Gasteiger partial charge in [0.05, 0.1) is 16.8 Å². The van der Waals surface area contributed by atoms with Gasteiger partial charge in [0.25, 0.3) is 0 Å². The van der Waals surface area contributed by atoms with Crippen LogP contribution in [0.3, 0.4) is 0 Å². The average Bonchev–Trinajstić information content (AvgIpc) is 2.40. The maximum Gasteiger partial charge on any atom is 0.0593 e. The van der Waals surface area contributed by atoms with Gasteiger partial charge in [0, 0.05) is 25.2 Å². The van der Waals surface area contributed by atoms with Crippen molar-refractivity contribution in [2.24, 2.45) is 0 Å². The summed E-state index contributed by atoms with van der Waals surface area (Å²) < 4.78 is 6.08. The molecule has 0 spiro atoms. The molecule has 0 atom stereocenters. The van der Waals surface area contributed by atoms with Crippen LogP contribution in [0.15, 0.2) is 47.2 Å². The average molecular weight is 307 g/mol. The van der Waals surface area contributed by atoms with Crippen LogP contribution in [0, 0.1) is 0 Å². The van der Waals surface area contributed by atoms with Gasteiger partial charge in [0.2, 0.25) is 0 Å². The highest BCUT2D eigenvalue weighted by Crippen LogP contribution is 2.26. The van der Waals surface area contributed by atoms with Crippen LogP contribution in [0.2, 0.25) is 0 Å². The summed E-state index contributed by atoms with van der Waals surface area (Å²) in [5.41, 5.74) is 3.35. The molecule has 0 fully saturated rings. The van der Waals surface area contributed by atoms with Gasteiger partial charge in [-0.05, 0) is 40.0 Å². The number of anilines is 2. The van der Waals surface area contributed by atoms with Crippen LogP contribution in [-0.2, 0) is 11.2 Å². The molecule has 94 valence electrons. The van der Waals surface area contributed by atoms with Crippen molar-refractivity contribution in [3.63, 3.8) is 0 Å². The molecule has 4 heteroatoms. The van der Waals surface area contributed by atoms with Gasteiger partial charge >= 0.3 is 0 Å². The predicted molar refractivity (Wildman–Crippen MR) is 77.2 cm³/mol. The van der Waals surface area contributed by atoms with Crippen LogP contribution in [0.4, 0.5) is 11.4 Å². The molecule has 3 nitrogen and oxygen atoms in total. The van der Waals surface area contributed by atoms with Gasteiger partial charge in [-0.15, -0.1) is 0 Å². The molecular formula is C14H15BrN2O. The minimum absolute atomic E-state index is 0.718. The molecule has 2 rings (SSSR count). The first-order valence-electron chi connectivity index (χ1n) is 5.74. The van der Waals surface area contributed by atoms with Crippen LogP contribution < -0.4 is 5.32 Å². The molecule has 1 N–H and O–H groups in total. The Morgan fingerprint density at radius 1 is 1.22 bits per heavy atom. The molecule has 0 radical (unpaired) electrons. The number of methoxy groups -OCH3 is 1. The predicted octanol–water partition coefficient (Wildman–Crippen LogP) is 3.78. The molecule has 0 unspecified atom stereocenters. The lowest BCUT2D eigenvalue weighted by atomic mass is 10.1. The molecule has 1 heterocycles. The summed E-state index contributed by atoms with van der Waals surface area (Å²) in [4.78, 5) is 4.05. The third-order valence-electron chi connectivity index (χ3n) is 2.63. The van der Waals surface area contributed by atoms with E-state index in [1.165, 1.54) is 5.56 Å². The largest absolute Gasteiger partial charge is 0.384 e. The zero-order chi connectivity index (χ0) is 12.8. The van der Waals surface area contributed by atoms with E-state index in [0.29, 0.717) is 0 Å². The SMILES string of the molecule is COCCc1ccccc1Nc1ccncc1Br. The lowest BCUT2D eigenvalue weighted by molar-refractivity contribution is 0.202. The van der Waals surface area contributed by atoms with Crippen molar-refractivity contribution in [3.8, 4) is 0 Å². The Morgan fingerprint density at radius 2 is 2.06 bits per heavy atom. The van der Waals surface area contributed by atoms with Gasteiger partial charge in [0.1, 0.15) is 0 Å². The summed E-state index contributed by atoms with van der Waals surface area (Å²) in [5, 5.41) is 3.41. The van der Waals surface area contributed by atoms with Crippen molar-refractivity contribution in [1.29, 1.82) is 0 Å². The minimum Gasteiger partial charge on any atom is -0.384 e. The topological polar surface area (TPSA) is 34.1 Å². The third-order valence-corrected chi connectivity index (χ3v) is 3.27. The van der Waals surface area contributed by atoms with E-state index in [9.17, 15) is 0 Å². The highest BCUT2D eigenvalue weighted by atomic mass is 79.9. The molecule has 0 aliphatic heterocycles. The van der Waals surface area contributed by atoms with Crippen molar-refractivity contribution in [1.82, 2.24) is 4.98 Å². The lowest BCUT2D eigenvalue weighted by Crippen LogP contribution is -2.00. The van der Waals surface area contributed by atoms with Gasteiger partial charge in [-0.3, -0.25) is 4.98 Å². The zero-order valence-corrected chi connectivity index (χ0v) is 11.8. The summed E-state index contributed by atoms with van der Waals surface area (Å²) in [5.74, 6) is 0. The van der Waals surface area contributed by atoms with E-state index in [2.05, 4.69) is 38.4 Å². The van der Waals surface area contributed by atoms with E-state index in [1.807, 2.05) is 18.2 Å². The summed E-state index contributed by atoms with van der Waals surface area (Å²) in [6.45, 7) is 0.718. The number of aromatic nitrogens is 1. The van der Waals surface area contributed by atoms with E-state index in [4.69, 9.17) is 4.74 Å². The molecule has 2 aromatic rings. The van der Waals surface area contributed by atoms with Crippen LogP contribution >= 0.6 is 15.9 Å². The van der Waals surface area contributed by atoms with Crippen molar-refractivity contribution >= 4 is 27.3 Å². The van der Waals surface area contributed by atoms with Gasteiger partial charge < -0.3 is 10.1 Å². The Bertz CT molecular complexity index is 517. The Labute approximate surface area is 115 Å². The van der Waals surface area contributed by atoms with Crippen LogP contribution in [0.5, 0.6) is 0 Å². The van der Waals surface area contributed by atoms with Crippen molar-refractivity contribution in [2.45, 2.75) is 6.42 Å². The fourth-order valence-corrected chi connectivity index (χ4v) is 2.04. The standard InChI is InChI=1S/C14H15BrN2O/c1-18-9-7-11-4-2-3-5-13(11)17-14-6-8-16-10-12(14)15/h2-6,8,10H,7,9H2,1H3,(H,16,17). The second-order valence-electron chi connectivity index (χ2n) is 3.88. The number of benzene rings is 1. The quantitative estimate of drug-likeness (QED) is 0.913. The molecule has 1 aromatic heterocycles. The Morgan fingerprint density at radius 3 is 2.83 bits per heavy atom. The monoisotopic (exact) mass is 306 g/mol. The molecular weight excluding hydrogens is 292 g/mol. The summed E-state index contributed by atoms with van der Waals surface area (Å²) in [6, 6.07) is 10.2. The Balaban J connectivity index is 2.21. The Kier molecular flexibility index (Phi) is 4.73. The smallest absolute Gasteiger partial charge is 0.0593 e. The number of ether oxygens (including phenoxy) is 1. The molecule has 0 saturated carbocycles. The van der Waals surface area contributed by atoms with E-state index in [0.717, 1.165) is 28.9 Å². The fourth-order valence-electron chi connectivity index (χ4n) is 1.69. The van der Waals surface area contributed by atoms with Gasteiger partial charge in [-0.25, -0.2) is 0 Å². The summed E-state index contributed by atoms with van der Waals surface area (Å²) in [6.07, 6.45) is 4.44. The number of nitrogens with zero attached hydrogens (tertiary/aromatic N) is 1. The van der Waals surface area contributed by atoms with E-state index < -0.39 is 0 Å². The lowest BCUT2D eigenvalue weighted by Gasteiger charge is -2.12. The molecule has 0 aliphatic carbocycles. The van der Waals surface area contributed by atoms with Gasteiger partial charge in [-0.1, -0.05) is 18.2 Å². The number of halogens is 1. The number of nitrogens with one attached hydrogen (secondary N) is 1. The zero-order valence-electron chi connectivity index (χ0n) is 10.2. The number of hydrogen-bond donors (Lipinski definition) is 1. The van der Waals surface area contributed by atoms with Gasteiger partial charge in [-0.2, -0.15) is 0 Å². The second kappa shape index (κ2) is 6.52. The normalized spacial score (nSPS) is 10.3.